The van der Waals surface area contributed by atoms with E-state index in [0.29, 0.717) is 12.1 Å². The van der Waals surface area contributed by atoms with Crippen LogP contribution in [0.2, 0.25) is 0 Å². The molecule has 1 heterocycles. The number of nitrogens with one attached hydrogen (secondary N) is 2. The predicted octanol–water partition coefficient (Wildman–Crippen LogP) is 3.98. The molecule has 1 fully saturated rings. The van der Waals surface area contributed by atoms with Gasteiger partial charge >= 0.3 is 0 Å². The van der Waals surface area contributed by atoms with Gasteiger partial charge in [0.1, 0.15) is 11.9 Å². The fourth-order valence-electron chi connectivity index (χ4n) is 3.23. The molecule has 0 aliphatic heterocycles. The molecule has 1 aromatic heterocycles. The van der Waals surface area contributed by atoms with Crippen molar-refractivity contribution in [2.24, 2.45) is 0 Å². The monoisotopic (exact) mass is 323 g/mol. The highest BCUT2D eigenvalue weighted by Gasteiger charge is 2.23. The Labute approximate surface area is 138 Å². The smallest absolute Gasteiger partial charge is 0.123 e. The summed E-state index contributed by atoms with van der Waals surface area (Å²) in [5, 5.41) is 11.9. The van der Waals surface area contributed by atoms with Crippen molar-refractivity contribution in [2.75, 3.05) is 6.54 Å². The number of halogens is 1. The van der Waals surface area contributed by atoms with E-state index >= 15 is 0 Å². The number of hydrogen-bond acceptors (Lipinski definition) is 3. The minimum atomic E-state index is 0. The Balaban J connectivity index is 0.00000176. The maximum absolute atomic E-state index is 6.29. The van der Waals surface area contributed by atoms with Crippen LogP contribution < -0.4 is 10.1 Å². The molecule has 2 unspecified atom stereocenters. The van der Waals surface area contributed by atoms with E-state index in [0.717, 1.165) is 36.0 Å². The molecule has 2 aromatic rings. The van der Waals surface area contributed by atoms with E-state index < -0.39 is 0 Å². The second kappa shape index (κ2) is 7.84. The van der Waals surface area contributed by atoms with E-state index in [-0.39, 0.29) is 12.4 Å². The van der Waals surface area contributed by atoms with Crippen LogP contribution >= 0.6 is 12.4 Å². The fraction of sp³-hybridized carbons (Fsp3) is 0.588. The van der Waals surface area contributed by atoms with E-state index in [2.05, 4.69) is 41.5 Å². The van der Waals surface area contributed by atoms with Crippen LogP contribution in [0.1, 0.15) is 44.6 Å². The first-order chi connectivity index (χ1) is 10.3. The third-order valence-electron chi connectivity index (χ3n) is 4.45. The average Bonchev–Trinajstić information content (AvgIpc) is 2.98. The molecule has 0 radical (unpaired) electrons. The average molecular weight is 324 g/mol. The maximum atomic E-state index is 6.29. The van der Waals surface area contributed by atoms with Crippen LogP contribution in [0.15, 0.2) is 18.3 Å². The summed E-state index contributed by atoms with van der Waals surface area (Å²) in [4.78, 5) is 0. The lowest BCUT2D eigenvalue weighted by molar-refractivity contribution is 0.134. The Morgan fingerprint density at radius 1 is 1.36 bits per heavy atom. The number of aromatic amines is 1. The van der Waals surface area contributed by atoms with Gasteiger partial charge in [0.2, 0.25) is 0 Å². The fourth-order valence-corrected chi connectivity index (χ4v) is 3.23. The molecule has 2 N–H and O–H groups in total. The number of benzene rings is 1. The summed E-state index contributed by atoms with van der Waals surface area (Å²) >= 11 is 0. The Morgan fingerprint density at radius 3 is 3.05 bits per heavy atom. The zero-order valence-electron chi connectivity index (χ0n) is 13.4. The van der Waals surface area contributed by atoms with Crippen LogP contribution in [-0.2, 0) is 0 Å². The van der Waals surface area contributed by atoms with Gasteiger partial charge in [0.25, 0.3) is 0 Å². The first-order valence-corrected chi connectivity index (χ1v) is 8.10. The molecule has 1 aliphatic carbocycles. The van der Waals surface area contributed by atoms with E-state index in [1.165, 1.54) is 24.8 Å². The van der Waals surface area contributed by atoms with Gasteiger partial charge < -0.3 is 10.1 Å². The molecule has 0 bridgehead atoms. The van der Waals surface area contributed by atoms with Gasteiger partial charge in [-0.1, -0.05) is 6.92 Å². The van der Waals surface area contributed by atoms with Crippen LogP contribution in [0.25, 0.3) is 10.9 Å². The molecular weight excluding hydrogens is 298 g/mol. The summed E-state index contributed by atoms with van der Waals surface area (Å²) < 4.78 is 6.29. The molecule has 1 aliphatic rings. The zero-order valence-corrected chi connectivity index (χ0v) is 14.2. The summed E-state index contributed by atoms with van der Waals surface area (Å²) in [5.41, 5.74) is 2.26. The van der Waals surface area contributed by atoms with Crippen molar-refractivity contribution in [1.82, 2.24) is 15.5 Å². The minimum Gasteiger partial charge on any atom is -0.490 e. The quantitative estimate of drug-likeness (QED) is 0.875. The number of ether oxygens (including phenoxy) is 1. The Kier molecular flexibility index (Phi) is 6.09. The van der Waals surface area contributed by atoms with E-state index in [4.69, 9.17) is 4.74 Å². The maximum Gasteiger partial charge on any atom is 0.123 e. The number of aromatic nitrogens is 2. The minimum absolute atomic E-state index is 0. The molecule has 3 rings (SSSR count). The van der Waals surface area contributed by atoms with Crippen molar-refractivity contribution >= 4 is 23.3 Å². The lowest BCUT2D eigenvalue weighted by Crippen LogP contribution is -2.38. The second-order valence-electron chi connectivity index (χ2n) is 6.08. The summed E-state index contributed by atoms with van der Waals surface area (Å²) in [7, 11) is 0. The lowest BCUT2D eigenvalue weighted by Gasteiger charge is -2.30. The van der Waals surface area contributed by atoms with E-state index in [1.807, 2.05) is 6.20 Å². The van der Waals surface area contributed by atoms with Gasteiger partial charge in [0, 0.05) is 17.0 Å². The summed E-state index contributed by atoms with van der Waals surface area (Å²) in [6, 6.07) is 4.74. The normalized spacial score (nSPS) is 21.5. The number of hydrogen-bond donors (Lipinski definition) is 2. The van der Waals surface area contributed by atoms with Crippen molar-refractivity contribution in [3.63, 3.8) is 0 Å². The topological polar surface area (TPSA) is 49.9 Å². The van der Waals surface area contributed by atoms with Gasteiger partial charge in [-0.15, -0.1) is 12.4 Å². The first kappa shape index (κ1) is 17.1. The largest absolute Gasteiger partial charge is 0.490 e. The van der Waals surface area contributed by atoms with E-state index in [9.17, 15) is 0 Å². The molecule has 0 saturated heterocycles. The third kappa shape index (κ3) is 3.73. The standard InChI is InChI=1S/C17H25N3O.ClH/c1-3-9-18-13-5-4-6-14(10-13)21-17-8-7-16-15(12(17)2)11-19-20-16;/h7-8,11,13-14,18H,3-6,9-10H2,1-2H3,(H,19,20);1H. The number of rotatable bonds is 5. The first-order valence-electron chi connectivity index (χ1n) is 8.10. The third-order valence-corrected chi connectivity index (χ3v) is 4.45. The Hall–Kier alpha value is -1.26. The van der Waals surface area contributed by atoms with Gasteiger partial charge in [0.05, 0.1) is 11.7 Å². The molecule has 0 amide bonds. The molecule has 1 aromatic carbocycles. The van der Waals surface area contributed by atoms with Gasteiger partial charge in [-0.05, 0) is 57.7 Å². The van der Waals surface area contributed by atoms with Crippen molar-refractivity contribution in [1.29, 1.82) is 0 Å². The molecule has 2 atom stereocenters. The number of H-pyrrole nitrogens is 1. The molecule has 5 heteroatoms. The molecule has 4 nitrogen and oxygen atoms in total. The van der Waals surface area contributed by atoms with Gasteiger partial charge in [0.15, 0.2) is 0 Å². The SMILES string of the molecule is CCCNC1CCCC(Oc2ccc3[nH]ncc3c2C)C1.Cl. The van der Waals surface area contributed by atoms with Gasteiger partial charge in [-0.2, -0.15) is 5.10 Å². The number of fused-ring (bicyclic) bond motifs is 1. The molecule has 0 spiro atoms. The lowest BCUT2D eigenvalue weighted by atomic mass is 9.92. The predicted molar refractivity (Wildman–Crippen MR) is 93.0 cm³/mol. The van der Waals surface area contributed by atoms with Crippen LogP contribution in [0.3, 0.4) is 0 Å². The Bertz CT molecular complexity index is 599. The van der Waals surface area contributed by atoms with Crippen molar-refractivity contribution < 1.29 is 4.74 Å². The number of nitrogens with zero attached hydrogens (tertiary/aromatic N) is 1. The highest BCUT2D eigenvalue weighted by molar-refractivity contribution is 5.85. The summed E-state index contributed by atoms with van der Waals surface area (Å²) in [6.45, 7) is 5.44. The van der Waals surface area contributed by atoms with E-state index in [1.54, 1.807) is 0 Å². The van der Waals surface area contributed by atoms with Crippen LogP contribution in [0, 0.1) is 6.92 Å². The van der Waals surface area contributed by atoms with Gasteiger partial charge in [-0.3, -0.25) is 5.10 Å². The molecule has 1 saturated carbocycles. The highest BCUT2D eigenvalue weighted by Crippen LogP contribution is 2.29. The summed E-state index contributed by atoms with van der Waals surface area (Å²) in [5.74, 6) is 1.00. The highest BCUT2D eigenvalue weighted by atomic mass is 35.5. The van der Waals surface area contributed by atoms with Crippen molar-refractivity contribution in [3.05, 3.63) is 23.9 Å². The zero-order chi connectivity index (χ0) is 14.7. The molecular formula is C17H26ClN3O. The van der Waals surface area contributed by atoms with Crippen LogP contribution in [0.4, 0.5) is 0 Å². The van der Waals surface area contributed by atoms with Gasteiger partial charge in [-0.25, -0.2) is 0 Å². The second-order valence-corrected chi connectivity index (χ2v) is 6.08. The van der Waals surface area contributed by atoms with Crippen molar-refractivity contribution in [2.45, 2.75) is 58.1 Å². The molecule has 22 heavy (non-hydrogen) atoms. The summed E-state index contributed by atoms with van der Waals surface area (Å²) in [6.07, 6.45) is 8.20. The van der Waals surface area contributed by atoms with Crippen LogP contribution in [-0.4, -0.2) is 28.9 Å². The van der Waals surface area contributed by atoms with Crippen LogP contribution in [0.5, 0.6) is 5.75 Å². The number of aryl methyl sites for hydroxylation is 1. The molecule has 122 valence electrons. The Morgan fingerprint density at radius 2 is 2.23 bits per heavy atom. The van der Waals surface area contributed by atoms with Crippen molar-refractivity contribution in [3.8, 4) is 5.75 Å².